The van der Waals surface area contributed by atoms with Crippen LogP contribution in [0.1, 0.15) is 23.3 Å². The van der Waals surface area contributed by atoms with Gasteiger partial charge in [-0.25, -0.2) is 14.8 Å². The highest BCUT2D eigenvalue weighted by atomic mass is 32.1. The summed E-state index contributed by atoms with van der Waals surface area (Å²) in [5.74, 6) is -0.663. The molecule has 2 N–H and O–H groups in total. The summed E-state index contributed by atoms with van der Waals surface area (Å²) in [5, 5.41) is 14.3. The first-order valence-corrected chi connectivity index (χ1v) is 7.70. The van der Waals surface area contributed by atoms with Crippen LogP contribution in [0, 0.1) is 0 Å². The van der Waals surface area contributed by atoms with Gasteiger partial charge >= 0.3 is 5.97 Å². The fourth-order valence-corrected chi connectivity index (χ4v) is 3.08. The number of hydrogen-bond donors (Lipinski definition) is 2. The van der Waals surface area contributed by atoms with Crippen molar-refractivity contribution < 1.29 is 14.7 Å². The quantitative estimate of drug-likeness (QED) is 0.895. The van der Waals surface area contributed by atoms with E-state index in [-0.39, 0.29) is 11.6 Å². The van der Waals surface area contributed by atoms with Gasteiger partial charge in [0.15, 0.2) is 5.13 Å². The van der Waals surface area contributed by atoms with E-state index < -0.39 is 12.0 Å². The molecule has 2 aromatic rings. The number of carboxylic acid groups (broad SMARTS) is 1. The van der Waals surface area contributed by atoms with Crippen molar-refractivity contribution in [1.29, 1.82) is 0 Å². The number of carbonyl (C=O) groups is 2. The van der Waals surface area contributed by atoms with Gasteiger partial charge < -0.3 is 15.3 Å². The van der Waals surface area contributed by atoms with Crippen molar-refractivity contribution in [3.05, 3.63) is 35.5 Å². The SMILES string of the molecule is O=C(O)C1CCCN1C(=O)c1csc(Nc2ccccn2)n1. The normalized spacial score (nSPS) is 17.5. The number of aromatic nitrogens is 2. The van der Waals surface area contributed by atoms with Crippen LogP contribution in [0.4, 0.5) is 10.9 Å². The number of rotatable bonds is 4. The second-order valence-corrected chi connectivity index (χ2v) is 5.73. The van der Waals surface area contributed by atoms with Gasteiger partial charge in [0.25, 0.3) is 5.91 Å². The summed E-state index contributed by atoms with van der Waals surface area (Å²) in [6.07, 6.45) is 2.85. The summed E-state index contributed by atoms with van der Waals surface area (Å²) in [6, 6.07) is 4.70. The van der Waals surface area contributed by atoms with Crippen LogP contribution in [0.3, 0.4) is 0 Å². The van der Waals surface area contributed by atoms with E-state index in [2.05, 4.69) is 15.3 Å². The average molecular weight is 318 g/mol. The Morgan fingerprint density at radius 3 is 3.00 bits per heavy atom. The molecule has 0 spiro atoms. The summed E-state index contributed by atoms with van der Waals surface area (Å²) >= 11 is 1.28. The Kier molecular flexibility index (Phi) is 4.01. The van der Waals surface area contributed by atoms with E-state index in [9.17, 15) is 9.59 Å². The van der Waals surface area contributed by atoms with E-state index in [0.29, 0.717) is 30.3 Å². The van der Waals surface area contributed by atoms with Crippen LogP contribution in [-0.4, -0.2) is 44.4 Å². The van der Waals surface area contributed by atoms with Crippen LogP contribution < -0.4 is 5.32 Å². The lowest BCUT2D eigenvalue weighted by atomic mass is 10.2. The first kappa shape index (κ1) is 14.5. The Labute approximate surface area is 130 Å². The molecule has 0 aliphatic carbocycles. The van der Waals surface area contributed by atoms with E-state index in [1.807, 2.05) is 6.07 Å². The predicted molar refractivity (Wildman–Crippen MR) is 81.3 cm³/mol. The molecule has 1 saturated heterocycles. The highest BCUT2D eigenvalue weighted by molar-refractivity contribution is 7.14. The maximum Gasteiger partial charge on any atom is 0.326 e. The van der Waals surface area contributed by atoms with Gasteiger partial charge in [-0.1, -0.05) is 6.07 Å². The van der Waals surface area contributed by atoms with Crippen molar-refractivity contribution in [2.45, 2.75) is 18.9 Å². The fraction of sp³-hybridized carbons (Fsp3) is 0.286. The highest BCUT2D eigenvalue weighted by Crippen LogP contribution is 2.24. The maximum absolute atomic E-state index is 12.4. The molecule has 0 radical (unpaired) electrons. The summed E-state index contributed by atoms with van der Waals surface area (Å²) in [7, 11) is 0. The third kappa shape index (κ3) is 2.91. The van der Waals surface area contributed by atoms with E-state index in [4.69, 9.17) is 5.11 Å². The van der Waals surface area contributed by atoms with Crippen LogP contribution in [0.25, 0.3) is 0 Å². The zero-order valence-corrected chi connectivity index (χ0v) is 12.4. The molecule has 0 saturated carbocycles. The van der Waals surface area contributed by atoms with Crippen LogP contribution in [0.5, 0.6) is 0 Å². The topological polar surface area (TPSA) is 95.4 Å². The lowest BCUT2D eigenvalue weighted by Crippen LogP contribution is -2.40. The molecule has 1 amide bonds. The molecular weight excluding hydrogens is 304 g/mol. The Bertz CT molecular complexity index is 688. The Morgan fingerprint density at radius 2 is 2.27 bits per heavy atom. The lowest BCUT2D eigenvalue weighted by molar-refractivity contribution is -0.141. The number of aliphatic carboxylic acids is 1. The number of amides is 1. The molecule has 3 rings (SSSR count). The van der Waals surface area contributed by atoms with Gasteiger partial charge in [-0.15, -0.1) is 11.3 Å². The molecule has 3 heterocycles. The average Bonchev–Trinajstić information content (AvgIpc) is 3.16. The molecule has 2 aromatic heterocycles. The number of pyridine rings is 1. The fourth-order valence-electron chi connectivity index (χ4n) is 2.39. The molecule has 1 atom stereocenters. The van der Waals surface area contributed by atoms with E-state index in [0.717, 1.165) is 0 Å². The lowest BCUT2D eigenvalue weighted by Gasteiger charge is -2.20. The first-order chi connectivity index (χ1) is 10.6. The standard InChI is InChI=1S/C14H14N4O3S/c19-12(18-7-3-4-10(18)13(20)21)9-8-22-14(16-9)17-11-5-1-2-6-15-11/h1-2,5-6,8,10H,3-4,7H2,(H,20,21)(H,15,16,17). The third-order valence-corrected chi connectivity index (χ3v) is 4.18. The number of carbonyl (C=O) groups excluding carboxylic acids is 1. The summed E-state index contributed by atoms with van der Waals surface area (Å²) in [6.45, 7) is 0.455. The summed E-state index contributed by atoms with van der Waals surface area (Å²) < 4.78 is 0. The van der Waals surface area contributed by atoms with Crippen molar-refractivity contribution in [2.75, 3.05) is 11.9 Å². The van der Waals surface area contributed by atoms with Gasteiger partial charge in [-0.3, -0.25) is 4.79 Å². The van der Waals surface area contributed by atoms with Crippen LogP contribution >= 0.6 is 11.3 Å². The zero-order valence-electron chi connectivity index (χ0n) is 11.6. The zero-order chi connectivity index (χ0) is 15.5. The minimum absolute atomic E-state index is 0.261. The van der Waals surface area contributed by atoms with Gasteiger partial charge in [0, 0.05) is 18.1 Å². The largest absolute Gasteiger partial charge is 0.480 e. The van der Waals surface area contributed by atoms with Crippen molar-refractivity contribution in [2.24, 2.45) is 0 Å². The number of anilines is 2. The van der Waals surface area contributed by atoms with Crippen molar-refractivity contribution in [3.63, 3.8) is 0 Å². The Hall–Kier alpha value is -2.48. The number of nitrogens with zero attached hydrogens (tertiary/aromatic N) is 3. The third-order valence-electron chi connectivity index (χ3n) is 3.42. The van der Waals surface area contributed by atoms with Gasteiger partial charge in [-0.05, 0) is 25.0 Å². The second-order valence-electron chi connectivity index (χ2n) is 4.87. The molecule has 1 unspecified atom stereocenters. The second kappa shape index (κ2) is 6.10. The van der Waals surface area contributed by atoms with Gasteiger partial charge in [0.2, 0.25) is 0 Å². The van der Waals surface area contributed by atoms with Crippen LogP contribution in [-0.2, 0) is 4.79 Å². The van der Waals surface area contributed by atoms with Crippen LogP contribution in [0.2, 0.25) is 0 Å². The van der Waals surface area contributed by atoms with Crippen molar-refractivity contribution in [3.8, 4) is 0 Å². The van der Waals surface area contributed by atoms with E-state index >= 15 is 0 Å². The van der Waals surface area contributed by atoms with E-state index in [1.165, 1.54) is 16.2 Å². The number of likely N-dealkylation sites (tertiary alicyclic amines) is 1. The highest BCUT2D eigenvalue weighted by Gasteiger charge is 2.35. The van der Waals surface area contributed by atoms with Crippen molar-refractivity contribution in [1.82, 2.24) is 14.9 Å². The number of thiazole rings is 1. The van der Waals surface area contributed by atoms with Gasteiger partial charge in [-0.2, -0.15) is 0 Å². The molecule has 114 valence electrons. The van der Waals surface area contributed by atoms with Gasteiger partial charge in [0.05, 0.1) is 0 Å². The number of nitrogens with one attached hydrogen (secondary N) is 1. The molecule has 7 nitrogen and oxygen atoms in total. The molecule has 22 heavy (non-hydrogen) atoms. The molecule has 0 bridgehead atoms. The Morgan fingerprint density at radius 1 is 1.41 bits per heavy atom. The molecule has 1 fully saturated rings. The maximum atomic E-state index is 12.4. The number of hydrogen-bond acceptors (Lipinski definition) is 6. The molecular formula is C14H14N4O3S. The summed E-state index contributed by atoms with van der Waals surface area (Å²) in [4.78, 5) is 33.3. The molecule has 8 heteroatoms. The number of carboxylic acids is 1. The first-order valence-electron chi connectivity index (χ1n) is 6.82. The monoisotopic (exact) mass is 318 g/mol. The predicted octanol–water partition coefficient (Wildman–Crippen LogP) is 1.97. The Balaban J connectivity index is 1.73. The smallest absolute Gasteiger partial charge is 0.326 e. The van der Waals surface area contributed by atoms with Gasteiger partial charge in [0.1, 0.15) is 17.6 Å². The minimum Gasteiger partial charge on any atom is -0.480 e. The molecule has 1 aliphatic rings. The molecule has 1 aliphatic heterocycles. The minimum atomic E-state index is -0.965. The molecule has 0 aromatic carbocycles. The summed E-state index contributed by atoms with van der Waals surface area (Å²) in [5.41, 5.74) is 0.261. The van der Waals surface area contributed by atoms with Crippen molar-refractivity contribution >= 4 is 34.2 Å². The van der Waals surface area contributed by atoms with E-state index in [1.54, 1.807) is 23.7 Å². The van der Waals surface area contributed by atoms with Crippen LogP contribution in [0.15, 0.2) is 29.8 Å².